The molecule has 2 aromatic rings. The van der Waals surface area contributed by atoms with Crippen molar-refractivity contribution in [2.75, 3.05) is 37.6 Å². The first-order chi connectivity index (χ1) is 13.5. The average molecular weight is 384 g/mol. The Bertz CT molecular complexity index is 828. The third kappa shape index (κ3) is 4.36. The molecule has 0 unspecified atom stereocenters. The van der Waals surface area contributed by atoms with Crippen LogP contribution in [0.2, 0.25) is 0 Å². The molecule has 3 rings (SSSR count). The van der Waals surface area contributed by atoms with Gasteiger partial charge in [-0.3, -0.25) is 9.59 Å². The van der Waals surface area contributed by atoms with Gasteiger partial charge in [0, 0.05) is 42.5 Å². The van der Waals surface area contributed by atoms with Gasteiger partial charge in [0.2, 0.25) is 11.8 Å². The number of carbonyl (C=O) groups is 2. The first kappa shape index (κ1) is 19.5. The summed E-state index contributed by atoms with van der Waals surface area (Å²) in [4.78, 5) is 26.7. The van der Waals surface area contributed by atoms with E-state index in [0.717, 1.165) is 11.4 Å². The lowest BCUT2D eigenvalue weighted by Crippen LogP contribution is -2.28. The van der Waals surface area contributed by atoms with Crippen LogP contribution in [-0.2, 0) is 9.59 Å². The summed E-state index contributed by atoms with van der Waals surface area (Å²) in [5.74, 6) is 1.18. The smallest absolute Gasteiger partial charge is 0.229 e. The molecule has 0 saturated carbocycles. The van der Waals surface area contributed by atoms with Gasteiger partial charge in [-0.15, -0.1) is 0 Å². The summed E-state index contributed by atoms with van der Waals surface area (Å²) in [6, 6.07) is 12.4. The highest BCUT2D eigenvalue weighted by Gasteiger charge is 2.35. The van der Waals surface area contributed by atoms with Crippen molar-refractivity contribution in [3.8, 4) is 17.2 Å². The van der Waals surface area contributed by atoms with Crippen LogP contribution in [0.4, 0.5) is 11.4 Å². The summed E-state index contributed by atoms with van der Waals surface area (Å²) in [7, 11) is 3.09. The van der Waals surface area contributed by atoms with Gasteiger partial charge in [0.15, 0.2) is 0 Å². The normalized spacial score (nSPS) is 16.0. The fourth-order valence-corrected chi connectivity index (χ4v) is 3.15. The van der Waals surface area contributed by atoms with Gasteiger partial charge >= 0.3 is 0 Å². The maximum Gasteiger partial charge on any atom is 0.229 e. The molecule has 2 aromatic carbocycles. The Balaban J connectivity index is 1.68. The molecule has 0 aromatic heterocycles. The molecule has 1 fully saturated rings. The third-order valence-electron chi connectivity index (χ3n) is 4.57. The number of amides is 2. The summed E-state index contributed by atoms with van der Waals surface area (Å²) in [6.07, 6.45) is 0.167. The van der Waals surface area contributed by atoms with Gasteiger partial charge in [-0.25, -0.2) is 0 Å². The van der Waals surface area contributed by atoms with Gasteiger partial charge in [-0.05, 0) is 31.2 Å². The first-order valence-electron chi connectivity index (χ1n) is 9.11. The van der Waals surface area contributed by atoms with Crippen LogP contribution in [0.5, 0.6) is 17.2 Å². The Hall–Kier alpha value is -3.22. The topological polar surface area (TPSA) is 77.1 Å². The number of methoxy groups -OCH3 is 2. The van der Waals surface area contributed by atoms with E-state index < -0.39 is 5.92 Å². The van der Waals surface area contributed by atoms with Crippen molar-refractivity contribution in [2.45, 2.75) is 13.3 Å². The SMILES string of the molecule is CCOc1ccc(N2C[C@H](C(=O)Nc3cc(OC)cc(OC)c3)CC2=O)cc1. The second kappa shape index (κ2) is 8.65. The van der Waals surface area contributed by atoms with Gasteiger partial charge in [0.05, 0.1) is 26.7 Å². The van der Waals surface area contributed by atoms with E-state index in [1.807, 2.05) is 31.2 Å². The van der Waals surface area contributed by atoms with Crippen molar-refractivity contribution >= 4 is 23.2 Å². The van der Waals surface area contributed by atoms with E-state index in [1.165, 1.54) is 0 Å². The molecule has 0 aliphatic carbocycles. The number of anilines is 2. The Morgan fingerprint density at radius 3 is 2.29 bits per heavy atom. The van der Waals surface area contributed by atoms with E-state index in [2.05, 4.69) is 5.32 Å². The summed E-state index contributed by atoms with van der Waals surface area (Å²) in [5, 5.41) is 2.85. The third-order valence-corrected chi connectivity index (χ3v) is 4.57. The molecule has 1 aliphatic rings. The Morgan fingerprint density at radius 1 is 1.07 bits per heavy atom. The fraction of sp³-hybridized carbons (Fsp3) is 0.333. The molecule has 148 valence electrons. The van der Waals surface area contributed by atoms with Crippen molar-refractivity contribution in [1.82, 2.24) is 0 Å². The fourth-order valence-electron chi connectivity index (χ4n) is 3.15. The van der Waals surface area contributed by atoms with Crippen LogP contribution in [0.15, 0.2) is 42.5 Å². The van der Waals surface area contributed by atoms with Crippen LogP contribution in [-0.4, -0.2) is 39.2 Å². The molecule has 7 nitrogen and oxygen atoms in total. The summed E-state index contributed by atoms with van der Waals surface area (Å²) in [6.45, 7) is 2.83. The molecule has 1 aliphatic heterocycles. The minimum Gasteiger partial charge on any atom is -0.497 e. The largest absolute Gasteiger partial charge is 0.497 e. The van der Waals surface area contributed by atoms with Crippen molar-refractivity contribution in [3.63, 3.8) is 0 Å². The molecule has 0 radical (unpaired) electrons. The van der Waals surface area contributed by atoms with Gasteiger partial charge in [-0.1, -0.05) is 0 Å². The number of nitrogens with zero attached hydrogens (tertiary/aromatic N) is 1. The summed E-state index contributed by atoms with van der Waals surface area (Å²) in [5.41, 5.74) is 1.32. The maximum absolute atomic E-state index is 12.7. The predicted molar refractivity (Wildman–Crippen MR) is 106 cm³/mol. The Kier molecular flexibility index (Phi) is 6.03. The number of hydrogen-bond acceptors (Lipinski definition) is 5. The summed E-state index contributed by atoms with van der Waals surface area (Å²) < 4.78 is 15.9. The van der Waals surface area contributed by atoms with Crippen molar-refractivity contribution in [2.24, 2.45) is 5.92 Å². The zero-order chi connectivity index (χ0) is 20.1. The first-order valence-corrected chi connectivity index (χ1v) is 9.11. The standard InChI is InChI=1S/C21H24N2O5/c1-4-28-17-7-5-16(6-8-17)23-13-14(9-20(23)24)21(25)22-15-10-18(26-2)12-19(11-15)27-3/h5-8,10-12,14H,4,9,13H2,1-3H3,(H,22,25)/t14-/m1/s1. The zero-order valence-electron chi connectivity index (χ0n) is 16.2. The van der Waals surface area contributed by atoms with Crippen LogP contribution >= 0.6 is 0 Å². The van der Waals surface area contributed by atoms with E-state index in [-0.39, 0.29) is 18.2 Å². The van der Waals surface area contributed by atoms with E-state index in [0.29, 0.717) is 30.3 Å². The van der Waals surface area contributed by atoms with E-state index in [1.54, 1.807) is 37.3 Å². The van der Waals surface area contributed by atoms with Crippen LogP contribution < -0.4 is 24.4 Å². The van der Waals surface area contributed by atoms with Crippen molar-refractivity contribution in [1.29, 1.82) is 0 Å². The molecule has 1 heterocycles. The monoisotopic (exact) mass is 384 g/mol. The molecule has 0 bridgehead atoms. The molecule has 1 saturated heterocycles. The lowest BCUT2D eigenvalue weighted by atomic mass is 10.1. The molecule has 1 N–H and O–H groups in total. The molecule has 2 amide bonds. The van der Waals surface area contributed by atoms with Crippen LogP contribution in [0.25, 0.3) is 0 Å². The van der Waals surface area contributed by atoms with Crippen LogP contribution in [0.1, 0.15) is 13.3 Å². The average Bonchev–Trinajstić information content (AvgIpc) is 3.10. The van der Waals surface area contributed by atoms with Gasteiger partial charge in [0.1, 0.15) is 17.2 Å². The number of nitrogens with one attached hydrogen (secondary N) is 1. The zero-order valence-corrected chi connectivity index (χ0v) is 16.2. The lowest BCUT2D eigenvalue weighted by molar-refractivity contribution is -0.122. The van der Waals surface area contributed by atoms with E-state index in [9.17, 15) is 9.59 Å². The van der Waals surface area contributed by atoms with Crippen LogP contribution in [0, 0.1) is 5.92 Å². The van der Waals surface area contributed by atoms with Crippen LogP contribution in [0.3, 0.4) is 0 Å². The van der Waals surface area contributed by atoms with Crippen molar-refractivity contribution in [3.05, 3.63) is 42.5 Å². The number of rotatable bonds is 7. The van der Waals surface area contributed by atoms with Gasteiger partial charge < -0.3 is 24.4 Å². The molecule has 28 heavy (non-hydrogen) atoms. The number of benzene rings is 2. The second-order valence-corrected chi connectivity index (χ2v) is 6.42. The highest BCUT2D eigenvalue weighted by Crippen LogP contribution is 2.29. The van der Waals surface area contributed by atoms with Gasteiger partial charge in [0.25, 0.3) is 0 Å². The minimum atomic E-state index is -0.434. The van der Waals surface area contributed by atoms with Crippen molar-refractivity contribution < 1.29 is 23.8 Å². The Morgan fingerprint density at radius 2 is 1.71 bits per heavy atom. The quantitative estimate of drug-likeness (QED) is 0.794. The molecule has 7 heteroatoms. The van der Waals surface area contributed by atoms with Gasteiger partial charge in [-0.2, -0.15) is 0 Å². The maximum atomic E-state index is 12.7. The highest BCUT2D eigenvalue weighted by atomic mass is 16.5. The highest BCUT2D eigenvalue weighted by molar-refractivity contribution is 6.03. The number of hydrogen-bond donors (Lipinski definition) is 1. The Labute approximate surface area is 164 Å². The second-order valence-electron chi connectivity index (χ2n) is 6.42. The number of ether oxygens (including phenoxy) is 3. The lowest BCUT2D eigenvalue weighted by Gasteiger charge is -2.17. The molecule has 1 atom stereocenters. The molecule has 0 spiro atoms. The van der Waals surface area contributed by atoms with E-state index in [4.69, 9.17) is 14.2 Å². The molecular weight excluding hydrogens is 360 g/mol. The minimum absolute atomic E-state index is 0.0764. The van der Waals surface area contributed by atoms with E-state index >= 15 is 0 Å². The summed E-state index contributed by atoms with van der Waals surface area (Å²) >= 11 is 0. The predicted octanol–water partition coefficient (Wildman–Crippen LogP) is 3.09. The molecular formula is C21H24N2O5. The number of carbonyl (C=O) groups excluding carboxylic acids is 2.